The molecule has 0 aliphatic carbocycles. The second kappa shape index (κ2) is 5.06. The smallest absolute Gasteiger partial charge is 0.229 e. The van der Waals surface area contributed by atoms with Crippen molar-refractivity contribution in [2.45, 2.75) is 25.3 Å². The fourth-order valence-electron chi connectivity index (χ4n) is 2.14. The van der Waals surface area contributed by atoms with Crippen molar-refractivity contribution in [1.29, 1.82) is 0 Å². The molecule has 0 bridgehead atoms. The van der Waals surface area contributed by atoms with E-state index in [1.54, 1.807) is 0 Å². The molecule has 0 spiro atoms. The highest BCUT2D eigenvalue weighted by molar-refractivity contribution is 7.92. The van der Waals surface area contributed by atoms with E-state index in [0.717, 1.165) is 19.2 Å². The van der Waals surface area contributed by atoms with E-state index in [9.17, 15) is 8.42 Å². The molecule has 0 aromatic heterocycles. The average molecular weight is 254 g/mol. The van der Waals surface area contributed by atoms with Gasteiger partial charge < -0.3 is 5.32 Å². The predicted octanol–water partition coefficient (Wildman–Crippen LogP) is 1.35. The van der Waals surface area contributed by atoms with E-state index in [1.165, 1.54) is 18.4 Å². The fourth-order valence-corrected chi connectivity index (χ4v) is 2.70. The summed E-state index contributed by atoms with van der Waals surface area (Å²) in [6.45, 7) is 1.11. The molecule has 4 nitrogen and oxygen atoms in total. The molecule has 1 saturated heterocycles. The van der Waals surface area contributed by atoms with E-state index in [0.29, 0.717) is 11.7 Å². The Morgan fingerprint density at radius 2 is 2.06 bits per heavy atom. The Morgan fingerprint density at radius 1 is 1.35 bits per heavy atom. The summed E-state index contributed by atoms with van der Waals surface area (Å²) in [5.41, 5.74) is 1.86. The Bertz CT molecular complexity index is 462. The van der Waals surface area contributed by atoms with Gasteiger partial charge in [0, 0.05) is 11.7 Å². The number of sulfonamides is 1. The summed E-state index contributed by atoms with van der Waals surface area (Å²) in [6, 6.07) is 8.15. The maximum atomic E-state index is 11.0. The van der Waals surface area contributed by atoms with Gasteiger partial charge in [0.25, 0.3) is 0 Å². The van der Waals surface area contributed by atoms with Crippen LogP contribution >= 0.6 is 0 Å². The molecular formula is C12H18N2O2S. The summed E-state index contributed by atoms with van der Waals surface area (Å²) < 4.78 is 24.5. The fraction of sp³-hybridized carbons (Fsp3) is 0.500. The number of hydrogen-bond acceptors (Lipinski definition) is 3. The van der Waals surface area contributed by atoms with E-state index >= 15 is 0 Å². The molecule has 1 aliphatic rings. The summed E-state index contributed by atoms with van der Waals surface area (Å²) >= 11 is 0. The minimum Gasteiger partial charge on any atom is -0.314 e. The van der Waals surface area contributed by atoms with Gasteiger partial charge in [0.2, 0.25) is 10.0 Å². The van der Waals surface area contributed by atoms with Crippen LogP contribution in [-0.2, 0) is 16.4 Å². The van der Waals surface area contributed by atoms with Crippen LogP contribution < -0.4 is 10.0 Å². The van der Waals surface area contributed by atoms with E-state index in [2.05, 4.69) is 10.0 Å². The third-order valence-electron chi connectivity index (χ3n) is 2.90. The van der Waals surface area contributed by atoms with Crippen LogP contribution in [0.1, 0.15) is 18.4 Å². The summed E-state index contributed by atoms with van der Waals surface area (Å²) in [5, 5.41) is 3.45. The zero-order valence-electron chi connectivity index (χ0n) is 9.94. The Hall–Kier alpha value is -1.07. The molecular weight excluding hydrogens is 236 g/mol. The van der Waals surface area contributed by atoms with Gasteiger partial charge in [-0.05, 0) is 43.5 Å². The van der Waals surface area contributed by atoms with E-state index in [1.807, 2.05) is 24.3 Å². The number of nitrogens with one attached hydrogen (secondary N) is 2. The quantitative estimate of drug-likeness (QED) is 0.853. The Kier molecular flexibility index (Phi) is 3.69. The lowest BCUT2D eigenvalue weighted by atomic mass is 10.0. The lowest BCUT2D eigenvalue weighted by Crippen LogP contribution is -2.23. The molecule has 1 atom stereocenters. The molecule has 1 heterocycles. The van der Waals surface area contributed by atoms with Gasteiger partial charge in [-0.15, -0.1) is 0 Å². The van der Waals surface area contributed by atoms with E-state index in [4.69, 9.17) is 0 Å². The van der Waals surface area contributed by atoms with Crippen LogP contribution in [0.4, 0.5) is 5.69 Å². The first-order valence-corrected chi connectivity index (χ1v) is 7.72. The van der Waals surface area contributed by atoms with Crippen molar-refractivity contribution in [2.24, 2.45) is 0 Å². The number of hydrogen-bond donors (Lipinski definition) is 2. The summed E-state index contributed by atoms with van der Waals surface area (Å²) in [6.07, 6.45) is 4.64. The van der Waals surface area contributed by atoms with Gasteiger partial charge in [-0.3, -0.25) is 4.72 Å². The lowest BCUT2D eigenvalue weighted by Gasteiger charge is -2.10. The van der Waals surface area contributed by atoms with Crippen molar-refractivity contribution in [3.63, 3.8) is 0 Å². The van der Waals surface area contributed by atoms with Crippen molar-refractivity contribution in [1.82, 2.24) is 5.32 Å². The van der Waals surface area contributed by atoms with Gasteiger partial charge in [-0.2, -0.15) is 0 Å². The van der Waals surface area contributed by atoms with Crippen LogP contribution in [-0.4, -0.2) is 27.3 Å². The lowest BCUT2D eigenvalue weighted by molar-refractivity contribution is 0.603. The molecule has 94 valence electrons. The monoisotopic (exact) mass is 254 g/mol. The Labute approximate surface area is 102 Å². The highest BCUT2D eigenvalue weighted by Gasteiger charge is 2.14. The highest BCUT2D eigenvalue weighted by atomic mass is 32.2. The Morgan fingerprint density at radius 3 is 2.59 bits per heavy atom. The van der Waals surface area contributed by atoms with Crippen LogP contribution in [0, 0.1) is 0 Å². The van der Waals surface area contributed by atoms with Gasteiger partial charge in [0.15, 0.2) is 0 Å². The van der Waals surface area contributed by atoms with Crippen molar-refractivity contribution in [3.05, 3.63) is 29.8 Å². The van der Waals surface area contributed by atoms with Gasteiger partial charge in [0.05, 0.1) is 6.26 Å². The SMILES string of the molecule is CS(=O)(=O)Nc1ccc(CC2CCCN2)cc1. The zero-order valence-corrected chi connectivity index (χ0v) is 10.8. The molecule has 2 rings (SSSR count). The zero-order chi connectivity index (χ0) is 12.3. The van der Waals surface area contributed by atoms with Crippen LogP contribution in [0.2, 0.25) is 0 Å². The van der Waals surface area contributed by atoms with Crippen molar-refractivity contribution in [3.8, 4) is 0 Å². The summed E-state index contributed by atoms with van der Waals surface area (Å²) in [5.74, 6) is 0. The summed E-state index contributed by atoms with van der Waals surface area (Å²) in [7, 11) is -3.17. The minimum atomic E-state index is -3.17. The standard InChI is InChI=1S/C12H18N2O2S/c1-17(15,16)14-11-6-4-10(5-7-11)9-12-3-2-8-13-12/h4-7,12-14H,2-3,8-9H2,1H3. The van der Waals surface area contributed by atoms with Gasteiger partial charge in [-0.25, -0.2) is 8.42 Å². The molecule has 0 amide bonds. The van der Waals surface area contributed by atoms with Crippen molar-refractivity contribution in [2.75, 3.05) is 17.5 Å². The molecule has 1 unspecified atom stereocenters. The predicted molar refractivity (Wildman–Crippen MR) is 69.6 cm³/mol. The molecule has 0 radical (unpaired) electrons. The topological polar surface area (TPSA) is 58.2 Å². The van der Waals surface area contributed by atoms with Gasteiger partial charge in [-0.1, -0.05) is 12.1 Å². The van der Waals surface area contributed by atoms with Crippen LogP contribution in [0.25, 0.3) is 0 Å². The number of rotatable bonds is 4. The van der Waals surface area contributed by atoms with Crippen LogP contribution in [0.3, 0.4) is 0 Å². The number of benzene rings is 1. The molecule has 17 heavy (non-hydrogen) atoms. The number of anilines is 1. The highest BCUT2D eigenvalue weighted by Crippen LogP contribution is 2.15. The largest absolute Gasteiger partial charge is 0.314 e. The first-order chi connectivity index (χ1) is 8.03. The normalized spacial score (nSPS) is 20.4. The van der Waals surface area contributed by atoms with Gasteiger partial charge >= 0.3 is 0 Å². The molecule has 0 saturated carbocycles. The van der Waals surface area contributed by atoms with Crippen LogP contribution in [0.5, 0.6) is 0 Å². The first kappa shape index (κ1) is 12.4. The second-order valence-electron chi connectivity index (χ2n) is 4.57. The van der Waals surface area contributed by atoms with E-state index in [-0.39, 0.29) is 0 Å². The third kappa shape index (κ3) is 4.02. The minimum absolute atomic E-state index is 0.573. The third-order valence-corrected chi connectivity index (χ3v) is 3.51. The maximum absolute atomic E-state index is 11.0. The van der Waals surface area contributed by atoms with Crippen molar-refractivity contribution >= 4 is 15.7 Å². The van der Waals surface area contributed by atoms with Crippen molar-refractivity contribution < 1.29 is 8.42 Å². The summed E-state index contributed by atoms with van der Waals surface area (Å²) in [4.78, 5) is 0. The molecule has 2 N–H and O–H groups in total. The molecule has 5 heteroatoms. The Balaban J connectivity index is 1.97. The van der Waals surface area contributed by atoms with Crippen LogP contribution in [0.15, 0.2) is 24.3 Å². The van der Waals surface area contributed by atoms with E-state index < -0.39 is 10.0 Å². The first-order valence-electron chi connectivity index (χ1n) is 5.83. The van der Waals surface area contributed by atoms with Gasteiger partial charge in [0.1, 0.15) is 0 Å². The molecule has 1 fully saturated rings. The average Bonchev–Trinajstić information content (AvgIpc) is 2.71. The molecule has 1 aromatic carbocycles. The second-order valence-corrected chi connectivity index (χ2v) is 6.32. The molecule has 1 aromatic rings. The maximum Gasteiger partial charge on any atom is 0.229 e. The molecule has 1 aliphatic heterocycles.